The summed E-state index contributed by atoms with van der Waals surface area (Å²) in [7, 11) is 0. The van der Waals surface area contributed by atoms with Gasteiger partial charge in [-0.15, -0.1) is 0 Å². The molecule has 1 saturated carbocycles. The van der Waals surface area contributed by atoms with Crippen molar-refractivity contribution in [3.05, 3.63) is 46.1 Å². The first-order valence-corrected chi connectivity index (χ1v) is 9.01. The van der Waals surface area contributed by atoms with E-state index in [-0.39, 0.29) is 23.1 Å². The van der Waals surface area contributed by atoms with Crippen LogP contribution in [0, 0.1) is 12.8 Å². The number of rotatable bonds is 2. The van der Waals surface area contributed by atoms with Gasteiger partial charge in [0, 0.05) is 16.6 Å². The predicted octanol–water partition coefficient (Wildman–Crippen LogP) is 2.31. The maximum atomic E-state index is 12.9. The number of phenolic OH excluding ortho intramolecular Hbond substituents is 1. The molecule has 2 heterocycles. The summed E-state index contributed by atoms with van der Waals surface area (Å²) >= 11 is 0. The van der Waals surface area contributed by atoms with Gasteiger partial charge in [0.25, 0.3) is 0 Å². The fourth-order valence-electron chi connectivity index (χ4n) is 3.74. The van der Waals surface area contributed by atoms with Crippen LogP contribution in [-0.4, -0.2) is 32.2 Å². The van der Waals surface area contributed by atoms with E-state index < -0.39 is 17.5 Å². The quantitative estimate of drug-likeness (QED) is 0.774. The van der Waals surface area contributed by atoms with E-state index >= 15 is 0 Å². The summed E-state index contributed by atoms with van der Waals surface area (Å²) in [5.74, 6) is -0.227. The average Bonchev–Trinajstić information content (AvgIpc) is 3.18. The third-order valence-corrected chi connectivity index (χ3v) is 5.09. The number of hydrogen-bond acceptors (Lipinski definition) is 4. The first kappa shape index (κ1) is 18.6. The molecule has 1 aromatic heterocycles. The fraction of sp³-hybridized carbons (Fsp3) is 0.350. The van der Waals surface area contributed by atoms with Crippen molar-refractivity contribution in [3.63, 3.8) is 0 Å². The highest BCUT2D eigenvalue weighted by Gasteiger charge is 2.32. The summed E-state index contributed by atoms with van der Waals surface area (Å²) < 4.78 is 40.4. The molecule has 2 atom stereocenters. The second-order valence-electron chi connectivity index (χ2n) is 7.28. The second-order valence-corrected chi connectivity index (χ2v) is 7.28. The second kappa shape index (κ2) is 6.70. The van der Waals surface area contributed by atoms with Crippen LogP contribution in [0.2, 0.25) is 0 Å². The molecule has 1 aromatic carbocycles. The molecule has 0 amide bonds. The van der Waals surface area contributed by atoms with Gasteiger partial charge in [0.15, 0.2) is 6.21 Å². The smallest absolute Gasteiger partial charge is 0.416 e. The summed E-state index contributed by atoms with van der Waals surface area (Å²) in [4.78, 5) is 4.43. The third-order valence-electron chi connectivity index (χ3n) is 5.09. The molecular formula is C20H19F3N3O2+. The summed E-state index contributed by atoms with van der Waals surface area (Å²) in [6.07, 6.45) is 1.33. The monoisotopic (exact) mass is 390 g/mol. The van der Waals surface area contributed by atoms with Gasteiger partial charge in [0.2, 0.25) is 11.7 Å². The molecule has 4 rings (SSSR count). The first-order chi connectivity index (χ1) is 13.2. The Kier molecular flexibility index (Phi) is 4.45. The van der Waals surface area contributed by atoms with Crippen molar-refractivity contribution in [2.45, 2.75) is 38.5 Å². The van der Waals surface area contributed by atoms with Crippen LogP contribution in [0.1, 0.15) is 30.4 Å². The third kappa shape index (κ3) is 3.52. The Labute approximate surface area is 158 Å². The van der Waals surface area contributed by atoms with Gasteiger partial charge in [-0.05, 0) is 56.0 Å². The first-order valence-electron chi connectivity index (χ1n) is 9.01. The number of phenols is 1. The number of aromatic hydroxyl groups is 1. The summed E-state index contributed by atoms with van der Waals surface area (Å²) in [6.45, 7) is 1.51. The van der Waals surface area contributed by atoms with Gasteiger partial charge >= 0.3 is 6.18 Å². The van der Waals surface area contributed by atoms with Gasteiger partial charge < -0.3 is 10.2 Å². The number of halogens is 3. The zero-order chi connectivity index (χ0) is 20.1. The lowest BCUT2D eigenvalue weighted by Gasteiger charge is -2.12. The van der Waals surface area contributed by atoms with E-state index in [1.807, 2.05) is 12.4 Å². The summed E-state index contributed by atoms with van der Waals surface area (Å²) in [6, 6.07) is 5.14. The summed E-state index contributed by atoms with van der Waals surface area (Å²) in [5, 5.41) is 25.0. The van der Waals surface area contributed by atoms with Crippen LogP contribution in [-0.2, 0) is 6.18 Å². The number of alkyl halides is 3. The van der Waals surface area contributed by atoms with Crippen LogP contribution in [0.4, 0.5) is 13.2 Å². The van der Waals surface area contributed by atoms with Gasteiger partial charge in [-0.2, -0.15) is 13.2 Å². The Morgan fingerprint density at radius 2 is 2.00 bits per heavy atom. The number of hydrogen-bond donors (Lipinski definition) is 2. The van der Waals surface area contributed by atoms with E-state index in [4.69, 9.17) is 0 Å². The maximum absolute atomic E-state index is 12.9. The van der Waals surface area contributed by atoms with Gasteiger partial charge in [-0.25, -0.2) is 4.98 Å². The van der Waals surface area contributed by atoms with Crippen LogP contribution in [0.15, 0.2) is 29.4 Å². The molecule has 0 radical (unpaired) electrons. The molecule has 2 aliphatic rings. The van der Waals surface area contributed by atoms with E-state index in [1.54, 1.807) is 16.8 Å². The molecule has 2 N–H and O–H groups in total. The van der Waals surface area contributed by atoms with Crippen LogP contribution in [0.3, 0.4) is 0 Å². The number of pyridine rings is 1. The van der Waals surface area contributed by atoms with Crippen molar-refractivity contribution >= 4 is 12.4 Å². The largest absolute Gasteiger partial charge is 0.507 e. The predicted molar refractivity (Wildman–Crippen MR) is 96.0 cm³/mol. The molecule has 5 nitrogen and oxygen atoms in total. The fourth-order valence-corrected chi connectivity index (χ4v) is 3.74. The standard InChI is InChI=1S/C20H18F3N3O2/c1-11-6-14(20(21,22)23)8-17(28)18(11)16-5-3-13-10-26(25-19(13)24-16)9-12-2-4-15(27)7-12/h3,5-6,8-10,12,15,27H,2,4,7H2,1H3/p+1/b26-9-/t12?,15-/m1/s1. The molecular weight excluding hydrogens is 371 g/mol. The van der Waals surface area contributed by atoms with E-state index in [9.17, 15) is 23.4 Å². The highest BCUT2D eigenvalue weighted by molar-refractivity contribution is 5.71. The van der Waals surface area contributed by atoms with E-state index in [1.165, 1.54) is 6.92 Å². The lowest BCUT2D eigenvalue weighted by atomic mass is 10.0. The highest BCUT2D eigenvalue weighted by Crippen LogP contribution is 2.38. The number of aliphatic hydroxyl groups is 1. The number of aliphatic hydroxyl groups excluding tert-OH is 1. The molecule has 8 heteroatoms. The average molecular weight is 390 g/mol. The van der Waals surface area contributed by atoms with E-state index in [0.29, 0.717) is 23.7 Å². The molecule has 1 fully saturated rings. The molecule has 0 bridgehead atoms. The van der Waals surface area contributed by atoms with Gasteiger partial charge in [0.1, 0.15) is 5.75 Å². The Balaban J connectivity index is 1.71. The number of aryl methyl sites for hydroxylation is 1. The van der Waals surface area contributed by atoms with Crippen molar-refractivity contribution in [1.82, 2.24) is 4.98 Å². The van der Waals surface area contributed by atoms with E-state index in [0.717, 1.165) is 24.1 Å². The Bertz CT molecular complexity index is 1070. The molecule has 2 aromatic rings. The molecule has 0 saturated heterocycles. The highest BCUT2D eigenvalue weighted by atomic mass is 19.4. The van der Waals surface area contributed by atoms with E-state index in [2.05, 4.69) is 10.1 Å². The Morgan fingerprint density at radius 3 is 2.64 bits per heavy atom. The van der Waals surface area contributed by atoms with Gasteiger partial charge in [-0.3, -0.25) is 0 Å². The minimum absolute atomic E-state index is 0.241. The van der Waals surface area contributed by atoms with Crippen molar-refractivity contribution in [2.24, 2.45) is 11.0 Å². The number of nitrogens with zero attached hydrogens (tertiary/aromatic N) is 3. The summed E-state index contributed by atoms with van der Waals surface area (Å²) in [5.41, 5.74) is 0.436. The van der Waals surface area contributed by atoms with Crippen LogP contribution in [0.25, 0.3) is 17.5 Å². The van der Waals surface area contributed by atoms with Crippen LogP contribution < -0.4 is 10.7 Å². The molecule has 28 heavy (non-hydrogen) atoms. The van der Waals surface area contributed by atoms with Crippen molar-refractivity contribution in [2.75, 3.05) is 0 Å². The normalized spacial score (nSPS) is 22.8. The Hall–Kier alpha value is -2.74. The molecule has 1 aliphatic carbocycles. The topological polar surface area (TPSA) is 68.7 Å². The van der Waals surface area contributed by atoms with Gasteiger partial charge in [-0.1, -0.05) is 4.68 Å². The molecule has 146 valence electrons. The lowest BCUT2D eigenvalue weighted by Crippen LogP contribution is -2.25. The lowest BCUT2D eigenvalue weighted by molar-refractivity contribution is -0.424. The van der Waals surface area contributed by atoms with Crippen molar-refractivity contribution in [3.8, 4) is 17.0 Å². The van der Waals surface area contributed by atoms with Crippen LogP contribution in [0.5, 0.6) is 5.75 Å². The van der Waals surface area contributed by atoms with Crippen molar-refractivity contribution in [1.29, 1.82) is 0 Å². The zero-order valence-corrected chi connectivity index (χ0v) is 15.1. The molecule has 1 unspecified atom stereocenters. The van der Waals surface area contributed by atoms with Crippen LogP contribution >= 0.6 is 0 Å². The Morgan fingerprint density at radius 1 is 1.21 bits per heavy atom. The number of fused-ring (bicyclic) bond motifs is 1. The number of benzene rings is 1. The maximum Gasteiger partial charge on any atom is 0.416 e. The zero-order valence-electron chi connectivity index (χ0n) is 15.1. The molecule has 0 spiro atoms. The van der Waals surface area contributed by atoms with Crippen molar-refractivity contribution < 1.29 is 28.1 Å². The SMILES string of the molecule is Cc1cc(C(F)(F)F)cc(O)c1-c1ccc2c(n1)=N/[N+](=C\C1CC[C@@H](O)C1)C=2. The number of aromatic nitrogens is 1. The minimum atomic E-state index is -4.53. The molecule has 1 aliphatic heterocycles. The minimum Gasteiger partial charge on any atom is -0.507 e. The van der Waals surface area contributed by atoms with Gasteiger partial charge in [0.05, 0.1) is 22.6 Å².